The van der Waals surface area contributed by atoms with Crippen molar-refractivity contribution in [3.63, 3.8) is 0 Å². The summed E-state index contributed by atoms with van der Waals surface area (Å²) in [7, 11) is 0. The Morgan fingerprint density at radius 1 is 1.06 bits per heavy atom. The van der Waals surface area contributed by atoms with Crippen LogP contribution in [0, 0.1) is 4.77 Å². The Morgan fingerprint density at radius 3 is 2.28 bits per heavy atom. The van der Waals surface area contributed by atoms with Crippen molar-refractivity contribution < 1.29 is 0 Å². The van der Waals surface area contributed by atoms with Gasteiger partial charge < -0.3 is 10.7 Å². The van der Waals surface area contributed by atoms with E-state index < -0.39 is 0 Å². The molecular formula is C13H23N3OS. The number of hydrogen-bond acceptors (Lipinski definition) is 3. The molecule has 0 amide bonds. The first-order valence-electron chi connectivity index (χ1n) is 6.76. The van der Waals surface area contributed by atoms with Crippen molar-refractivity contribution in [2.75, 3.05) is 5.73 Å². The highest BCUT2D eigenvalue weighted by molar-refractivity contribution is 7.71. The van der Waals surface area contributed by atoms with E-state index in [-0.39, 0.29) is 5.56 Å². The SMILES string of the molecule is CCCCCCCCCc1c(N)[nH]c(=S)[nH]c1=O. The molecule has 1 rings (SSSR count). The zero-order chi connectivity index (χ0) is 13.4. The van der Waals surface area contributed by atoms with Crippen LogP contribution in [0.1, 0.15) is 57.4 Å². The van der Waals surface area contributed by atoms with Gasteiger partial charge in [0.1, 0.15) is 5.82 Å². The number of hydrogen-bond donors (Lipinski definition) is 3. The number of nitrogens with one attached hydrogen (secondary N) is 2. The molecule has 18 heavy (non-hydrogen) atoms. The van der Waals surface area contributed by atoms with Crippen molar-refractivity contribution >= 4 is 18.0 Å². The van der Waals surface area contributed by atoms with Crippen molar-refractivity contribution in [2.24, 2.45) is 0 Å². The smallest absolute Gasteiger partial charge is 0.256 e. The lowest BCUT2D eigenvalue weighted by atomic mass is 10.1. The lowest BCUT2D eigenvalue weighted by molar-refractivity contribution is 0.588. The number of anilines is 1. The van der Waals surface area contributed by atoms with E-state index in [4.69, 9.17) is 18.0 Å². The molecule has 0 unspecified atom stereocenters. The van der Waals surface area contributed by atoms with Crippen LogP contribution in [-0.2, 0) is 6.42 Å². The first-order chi connectivity index (χ1) is 8.65. The molecule has 0 bridgehead atoms. The van der Waals surface area contributed by atoms with Crippen molar-refractivity contribution in [1.29, 1.82) is 0 Å². The third kappa shape index (κ3) is 5.04. The summed E-state index contributed by atoms with van der Waals surface area (Å²) in [5.74, 6) is 0.412. The van der Waals surface area contributed by atoms with Crippen LogP contribution in [0.2, 0.25) is 0 Å². The third-order valence-corrected chi connectivity index (χ3v) is 3.31. The molecule has 0 aliphatic carbocycles. The minimum Gasteiger partial charge on any atom is -0.385 e. The van der Waals surface area contributed by atoms with Crippen LogP contribution in [0.4, 0.5) is 5.82 Å². The minimum atomic E-state index is -0.151. The zero-order valence-corrected chi connectivity index (χ0v) is 11.9. The second-order valence-electron chi connectivity index (χ2n) is 4.67. The summed E-state index contributed by atoms with van der Waals surface area (Å²) in [5.41, 5.74) is 6.25. The summed E-state index contributed by atoms with van der Waals surface area (Å²) < 4.78 is 0.292. The molecule has 1 aromatic rings. The molecule has 0 spiro atoms. The highest BCUT2D eigenvalue weighted by Crippen LogP contribution is 2.11. The molecule has 0 fully saturated rings. The van der Waals surface area contributed by atoms with E-state index in [1.165, 1.54) is 32.1 Å². The second-order valence-corrected chi connectivity index (χ2v) is 5.08. The fraction of sp³-hybridized carbons (Fsp3) is 0.692. The van der Waals surface area contributed by atoms with Crippen molar-refractivity contribution in [2.45, 2.75) is 58.3 Å². The van der Waals surface area contributed by atoms with Gasteiger partial charge in [-0.1, -0.05) is 45.4 Å². The second kappa shape index (κ2) is 8.08. The molecule has 4 N–H and O–H groups in total. The van der Waals surface area contributed by atoms with Gasteiger partial charge in [0, 0.05) is 0 Å². The van der Waals surface area contributed by atoms with Crippen LogP contribution in [-0.4, -0.2) is 9.97 Å². The van der Waals surface area contributed by atoms with Gasteiger partial charge in [0.2, 0.25) is 0 Å². The monoisotopic (exact) mass is 269 g/mol. The van der Waals surface area contributed by atoms with E-state index >= 15 is 0 Å². The van der Waals surface area contributed by atoms with Crippen molar-refractivity contribution in [3.8, 4) is 0 Å². The molecule has 0 radical (unpaired) electrons. The predicted octanol–water partition coefficient (Wildman–Crippen LogP) is 3.31. The Hall–Kier alpha value is -1.10. The maximum Gasteiger partial charge on any atom is 0.256 e. The summed E-state index contributed by atoms with van der Waals surface area (Å²) >= 11 is 4.85. The maximum atomic E-state index is 11.6. The predicted molar refractivity (Wildman–Crippen MR) is 78.4 cm³/mol. The molecule has 0 aliphatic rings. The molecule has 0 aliphatic heterocycles. The first-order valence-corrected chi connectivity index (χ1v) is 7.17. The largest absolute Gasteiger partial charge is 0.385 e. The maximum absolute atomic E-state index is 11.6. The Bertz CT molecular complexity index is 464. The number of H-pyrrole nitrogens is 2. The molecule has 102 valence electrons. The van der Waals surface area contributed by atoms with E-state index in [1.807, 2.05) is 0 Å². The number of aromatic nitrogens is 2. The van der Waals surface area contributed by atoms with Crippen molar-refractivity contribution in [1.82, 2.24) is 9.97 Å². The Kier molecular flexibility index (Phi) is 6.72. The van der Waals surface area contributed by atoms with Crippen LogP contribution < -0.4 is 11.3 Å². The molecule has 5 heteroatoms. The van der Waals surface area contributed by atoms with Crippen LogP contribution in [0.25, 0.3) is 0 Å². The van der Waals surface area contributed by atoms with E-state index in [1.54, 1.807) is 0 Å². The van der Waals surface area contributed by atoms with Gasteiger partial charge in [-0.05, 0) is 25.1 Å². The molecular weight excluding hydrogens is 246 g/mol. The number of aromatic amines is 2. The fourth-order valence-electron chi connectivity index (χ4n) is 2.04. The van der Waals surface area contributed by atoms with Gasteiger partial charge in [-0.3, -0.25) is 9.78 Å². The lowest BCUT2D eigenvalue weighted by Crippen LogP contribution is -2.17. The highest BCUT2D eigenvalue weighted by Gasteiger charge is 2.04. The van der Waals surface area contributed by atoms with Crippen LogP contribution in [0.5, 0.6) is 0 Å². The summed E-state index contributed by atoms with van der Waals surface area (Å²) in [6.45, 7) is 2.22. The molecule has 0 saturated carbocycles. The third-order valence-electron chi connectivity index (χ3n) is 3.10. The Morgan fingerprint density at radius 2 is 1.67 bits per heavy atom. The normalized spacial score (nSPS) is 10.7. The number of rotatable bonds is 8. The Balaban J connectivity index is 2.32. The topological polar surface area (TPSA) is 74.7 Å². The summed E-state index contributed by atoms with van der Waals surface area (Å²) in [4.78, 5) is 17.0. The van der Waals surface area contributed by atoms with E-state index in [9.17, 15) is 4.79 Å². The first kappa shape index (κ1) is 15.0. The lowest BCUT2D eigenvalue weighted by Gasteiger charge is -2.04. The zero-order valence-electron chi connectivity index (χ0n) is 11.1. The molecule has 0 saturated heterocycles. The summed E-state index contributed by atoms with van der Waals surface area (Å²) in [6.07, 6.45) is 9.32. The van der Waals surface area contributed by atoms with E-state index in [0.29, 0.717) is 16.2 Å². The van der Waals surface area contributed by atoms with Crippen LogP contribution >= 0.6 is 12.2 Å². The van der Waals surface area contributed by atoms with Gasteiger partial charge in [-0.25, -0.2) is 0 Å². The molecule has 1 aromatic heterocycles. The minimum absolute atomic E-state index is 0.151. The van der Waals surface area contributed by atoms with Gasteiger partial charge in [-0.15, -0.1) is 0 Å². The standard InChI is InChI=1S/C13H23N3OS/c1-2-3-4-5-6-7-8-9-10-11(14)15-13(18)16-12(10)17/h2-9H2,1H3,(H4,14,15,16,17,18). The molecule has 0 aromatic carbocycles. The fourth-order valence-corrected chi connectivity index (χ4v) is 2.24. The number of nitrogens with two attached hydrogens (primary N) is 1. The van der Waals surface area contributed by atoms with Gasteiger partial charge in [0.05, 0.1) is 5.56 Å². The summed E-state index contributed by atoms with van der Waals surface area (Å²) in [5, 5.41) is 0. The average molecular weight is 269 g/mol. The van der Waals surface area contributed by atoms with Crippen LogP contribution in [0.15, 0.2) is 4.79 Å². The van der Waals surface area contributed by atoms with Gasteiger partial charge >= 0.3 is 0 Å². The highest BCUT2D eigenvalue weighted by atomic mass is 32.1. The number of unbranched alkanes of at least 4 members (excludes halogenated alkanes) is 6. The van der Waals surface area contributed by atoms with Crippen molar-refractivity contribution in [3.05, 3.63) is 20.7 Å². The Labute approximate surface area is 113 Å². The van der Waals surface area contributed by atoms with E-state index in [0.717, 1.165) is 19.3 Å². The van der Waals surface area contributed by atoms with Crippen LogP contribution in [0.3, 0.4) is 0 Å². The molecule has 0 atom stereocenters. The summed E-state index contributed by atoms with van der Waals surface area (Å²) in [6, 6.07) is 0. The van der Waals surface area contributed by atoms with E-state index in [2.05, 4.69) is 16.9 Å². The quantitative estimate of drug-likeness (QED) is 0.500. The average Bonchev–Trinajstić information content (AvgIpc) is 2.30. The van der Waals surface area contributed by atoms with Gasteiger partial charge in [0.15, 0.2) is 4.77 Å². The molecule has 4 nitrogen and oxygen atoms in total. The van der Waals surface area contributed by atoms with Gasteiger partial charge in [-0.2, -0.15) is 0 Å². The van der Waals surface area contributed by atoms with Gasteiger partial charge in [0.25, 0.3) is 5.56 Å². The number of nitrogen functional groups attached to an aromatic ring is 1. The molecule has 1 heterocycles.